The highest BCUT2D eigenvalue weighted by Crippen LogP contribution is 2.45. The van der Waals surface area contributed by atoms with Gasteiger partial charge in [0.05, 0.1) is 17.0 Å². The fourth-order valence-electron chi connectivity index (χ4n) is 5.03. The van der Waals surface area contributed by atoms with Crippen LogP contribution in [0.2, 0.25) is 5.15 Å². The average molecular weight is 480 g/mol. The third-order valence-electron chi connectivity index (χ3n) is 6.59. The minimum absolute atomic E-state index is 0.126. The second-order valence-corrected chi connectivity index (χ2v) is 9.62. The number of nitrogens with one attached hydrogen (secondary N) is 1. The van der Waals surface area contributed by atoms with E-state index in [1.807, 2.05) is 43.8 Å². The highest BCUT2D eigenvalue weighted by Gasteiger charge is 2.55. The zero-order valence-electron chi connectivity index (χ0n) is 19.2. The Morgan fingerprint density at radius 1 is 1.09 bits per heavy atom. The van der Waals surface area contributed by atoms with Crippen LogP contribution < -0.4 is 5.32 Å². The SMILES string of the molecule is CNc1ccc2ccc(CC[C@H]3O[C@@H](n4ccc5c(Cl)ncnc54)[C@@H]4OC(C)(C)O[C@@H]43)cc2n1. The summed E-state index contributed by atoms with van der Waals surface area (Å²) in [5, 5.41) is 5.43. The van der Waals surface area contributed by atoms with Crippen molar-refractivity contribution >= 4 is 39.4 Å². The lowest BCUT2D eigenvalue weighted by Gasteiger charge is -2.25. The summed E-state index contributed by atoms with van der Waals surface area (Å²) in [6.45, 7) is 3.89. The van der Waals surface area contributed by atoms with E-state index in [4.69, 9.17) is 25.8 Å². The van der Waals surface area contributed by atoms with Gasteiger partial charge in [0.2, 0.25) is 0 Å². The quantitative estimate of drug-likeness (QED) is 0.414. The molecule has 9 heteroatoms. The molecule has 176 valence electrons. The van der Waals surface area contributed by atoms with E-state index in [1.54, 1.807) is 0 Å². The number of aromatic nitrogens is 4. The van der Waals surface area contributed by atoms with Crippen LogP contribution in [-0.4, -0.2) is 50.7 Å². The van der Waals surface area contributed by atoms with Crippen LogP contribution in [0.5, 0.6) is 0 Å². The molecule has 1 aromatic carbocycles. The number of nitrogens with zero attached hydrogens (tertiary/aromatic N) is 4. The zero-order chi connectivity index (χ0) is 23.4. The fraction of sp³-hybridized carbons (Fsp3) is 0.400. The molecule has 0 amide bonds. The number of pyridine rings is 1. The van der Waals surface area contributed by atoms with Crippen molar-refractivity contribution in [3.8, 4) is 0 Å². The first kappa shape index (κ1) is 21.7. The number of aryl methyl sites for hydroxylation is 1. The molecule has 1 N–H and O–H groups in total. The van der Waals surface area contributed by atoms with E-state index in [0.717, 1.165) is 40.6 Å². The van der Waals surface area contributed by atoms with Crippen LogP contribution in [0.1, 0.15) is 32.1 Å². The second kappa shape index (κ2) is 8.16. The molecule has 6 rings (SSSR count). The second-order valence-electron chi connectivity index (χ2n) is 9.27. The molecule has 2 saturated heterocycles. The third-order valence-corrected chi connectivity index (χ3v) is 6.89. The predicted molar refractivity (Wildman–Crippen MR) is 130 cm³/mol. The van der Waals surface area contributed by atoms with Crippen LogP contribution >= 0.6 is 11.6 Å². The molecule has 0 spiro atoms. The normalized spacial score (nSPS) is 25.8. The lowest BCUT2D eigenvalue weighted by Crippen LogP contribution is -2.29. The van der Waals surface area contributed by atoms with Crippen LogP contribution in [-0.2, 0) is 20.6 Å². The molecule has 4 atom stereocenters. The topological polar surface area (TPSA) is 83.3 Å². The van der Waals surface area contributed by atoms with Crippen molar-refractivity contribution in [2.75, 3.05) is 12.4 Å². The Hall–Kier alpha value is -2.78. The van der Waals surface area contributed by atoms with Crippen molar-refractivity contribution < 1.29 is 14.2 Å². The summed E-state index contributed by atoms with van der Waals surface area (Å²) < 4.78 is 21.1. The summed E-state index contributed by atoms with van der Waals surface area (Å²) in [6.07, 6.45) is 4.11. The Kier molecular flexibility index (Phi) is 5.22. The van der Waals surface area contributed by atoms with E-state index in [2.05, 4.69) is 44.5 Å². The molecular weight excluding hydrogens is 454 g/mol. The number of ether oxygens (including phenoxy) is 3. The average Bonchev–Trinajstić information content (AvgIpc) is 3.48. The van der Waals surface area contributed by atoms with Crippen molar-refractivity contribution in [3.05, 3.63) is 59.6 Å². The van der Waals surface area contributed by atoms with Gasteiger partial charge in [-0.05, 0) is 56.5 Å². The van der Waals surface area contributed by atoms with Gasteiger partial charge in [-0.15, -0.1) is 0 Å². The van der Waals surface area contributed by atoms with E-state index >= 15 is 0 Å². The predicted octanol–water partition coefficient (Wildman–Crippen LogP) is 4.72. The van der Waals surface area contributed by atoms with Gasteiger partial charge in [0.25, 0.3) is 0 Å². The summed E-state index contributed by atoms with van der Waals surface area (Å²) in [5.74, 6) is 0.179. The van der Waals surface area contributed by atoms with Crippen LogP contribution in [0.3, 0.4) is 0 Å². The van der Waals surface area contributed by atoms with Gasteiger partial charge in [-0.2, -0.15) is 0 Å². The van der Waals surface area contributed by atoms with Gasteiger partial charge in [0.1, 0.15) is 35.2 Å². The molecule has 8 nitrogen and oxygen atoms in total. The summed E-state index contributed by atoms with van der Waals surface area (Å²) in [7, 11) is 1.88. The Labute approximate surface area is 202 Å². The maximum Gasteiger partial charge on any atom is 0.164 e. The van der Waals surface area contributed by atoms with Crippen molar-refractivity contribution in [2.24, 2.45) is 0 Å². The smallest absolute Gasteiger partial charge is 0.164 e. The first-order valence-electron chi connectivity index (χ1n) is 11.5. The molecule has 0 saturated carbocycles. The van der Waals surface area contributed by atoms with Gasteiger partial charge in [-0.1, -0.05) is 23.7 Å². The summed E-state index contributed by atoms with van der Waals surface area (Å²) >= 11 is 6.27. The zero-order valence-corrected chi connectivity index (χ0v) is 20.0. The minimum atomic E-state index is -0.679. The molecule has 4 aromatic rings. The van der Waals surface area contributed by atoms with Gasteiger partial charge < -0.3 is 24.1 Å². The standard InChI is InChI=1S/C25H26ClN5O3/c1-25(2)33-20-18(8-5-14-4-6-15-7-9-19(27-3)30-17(15)12-14)32-24(21(20)34-25)31-11-10-16-22(26)28-13-29-23(16)31/h4,6-7,9-13,18,20-21,24H,5,8H2,1-3H3,(H,27,30)/t18-,20-,21-,24-/m1/s1. The van der Waals surface area contributed by atoms with E-state index in [-0.39, 0.29) is 24.5 Å². The molecule has 0 unspecified atom stereocenters. The molecule has 5 heterocycles. The van der Waals surface area contributed by atoms with E-state index in [9.17, 15) is 0 Å². The number of hydrogen-bond donors (Lipinski definition) is 1. The molecule has 34 heavy (non-hydrogen) atoms. The van der Waals surface area contributed by atoms with E-state index in [1.165, 1.54) is 11.9 Å². The monoisotopic (exact) mass is 479 g/mol. The molecular formula is C25H26ClN5O3. The number of halogens is 1. The van der Waals surface area contributed by atoms with Gasteiger partial charge in [-0.3, -0.25) is 0 Å². The Balaban J connectivity index is 1.26. The molecule has 0 bridgehead atoms. The minimum Gasteiger partial charge on any atom is -0.373 e. The molecule has 3 aromatic heterocycles. The van der Waals surface area contributed by atoms with Crippen LogP contribution in [0.25, 0.3) is 21.9 Å². The maximum atomic E-state index is 6.54. The summed E-state index contributed by atoms with van der Waals surface area (Å²) in [5.41, 5.74) is 2.91. The highest BCUT2D eigenvalue weighted by molar-refractivity contribution is 6.33. The van der Waals surface area contributed by atoms with Crippen molar-refractivity contribution in [1.82, 2.24) is 19.5 Å². The van der Waals surface area contributed by atoms with E-state index in [0.29, 0.717) is 5.15 Å². The summed E-state index contributed by atoms with van der Waals surface area (Å²) in [4.78, 5) is 13.2. The van der Waals surface area contributed by atoms with Crippen LogP contribution in [0, 0.1) is 0 Å². The Bertz CT molecular complexity index is 1370. The number of rotatable bonds is 5. The van der Waals surface area contributed by atoms with Gasteiger partial charge >= 0.3 is 0 Å². The highest BCUT2D eigenvalue weighted by atomic mass is 35.5. The molecule has 2 aliphatic rings. The largest absolute Gasteiger partial charge is 0.373 e. The number of benzene rings is 1. The summed E-state index contributed by atoms with van der Waals surface area (Å²) in [6, 6.07) is 12.4. The van der Waals surface area contributed by atoms with Gasteiger partial charge in [-0.25, -0.2) is 15.0 Å². The Morgan fingerprint density at radius 2 is 1.91 bits per heavy atom. The van der Waals surface area contributed by atoms with Gasteiger partial charge in [0, 0.05) is 18.6 Å². The molecule has 0 aliphatic carbocycles. The number of anilines is 1. The van der Waals surface area contributed by atoms with Gasteiger partial charge in [0.15, 0.2) is 12.0 Å². The van der Waals surface area contributed by atoms with E-state index < -0.39 is 5.79 Å². The first-order chi connectivity index (χ1) is 16.4. The Morgan fingerprint density at radius 3 is 2.76 bits per heavy atom. The van der Waals surface area contributed by atoms with Crippen molar-refractivity contribution in [1.29, 1.82) is 0 Å². The molecule has 2 fully saturated rings. The maximum absolute atomic E-state index is 6.54. The third kappa shape index (κ3) is 3.71. The first-order valence-corrected chi connectivity index (χ1v) is 11.9. The molecule has 0 radical (unpaired) electrons. The van der Waals surface area contributed by atoms with Crippen LogP contribution in [0.4, 0.5) is 5.82 Å². The van der Waals surface area contributed by atoms with Crippen LogP contribution in [0.15, 0.2) is 48.9 Å². The number of hydrogen-bond acceptors (Lipinski definition) is 7. The fourth-order valence-corrected chi connectivity index (χ4v) is 5.22. The van der Waals surface area contributed by atoms with Crippen molar-refractivity contribution in [3.63, 3.8) is 0 Å². The lowest BCUT2D eigenvalue weighted by atomic mass is 10.0. The number of fused-ring (bicyclic) bond motifs is 3. The van der Waals surface area contributed by atoms with Crippen molar-refractivity contribution in [2.45, 2.75) is 57.0 Å². The molecule has 2 aliphatic heterocycles. The lowest BCUT2D eigenvalue weighted by molar-refractivity contribution is -0.196.